The molecule has 2 aliphatic carbocycles. The highest BCUT2D eigenvalue weighted by molar-refractivity contribution is 5.29. The topological polar surface area (TPSA) is 12.0 Å². The van der Waals surface area contributed by atoms with Crippen molar-refractivity contribution in [2.45, 2.75) is 38.1 Å². The van der Waals surface area contributed by atoms with Gasteiger partial charge in [-0.25, -0.2) is 0 Å². The van der Waals surface area contributed by atoms with Crippen LogP contribution < -0.4 is 5.32 Å². The van der Waals surface area contributed by atoms with E-state index in [2.05, 4.69) is 29.6 Å². The van der Waals surface area contributed by atoms with Crippen LogP contribution >= 0.6 is 0 Å². The van der Waals surface area contributed by atoms with Crippen molar-refractivity contribution in [3.05, 3.63) is 35.4 Å². The zero-order valence-corrected chi connectivity index (χ0v) is 9.21. The summed E-state index contributed by atoms with van der Waals surface area (Å²) in [5.74, 6) is 0.875. The number of rotatable bonds is 3. The number of hydrogen-bond donors (Lipinski definition) is 1. The van der Waals surface area contributed by atoms with E-state index in [4.69, 9.17) is 0 Å². The second-order valence-corrected chi connectivity index (χ2v) is 5.06. The molecule has 0 spiro atoms. The summed E-state index contributed by atoms with van der Waals surface area (Å²) >= 11 is 0. The van der Waals surface area contributed by atoms with Crippen molar-refractivity contribution in [1.29, 1.82) is 0 Å². The van der Waals surface area contributed by atoms with Crippen molar-refractivity contribution < 1.29 is 0 Å². The molecule has 0 aromatic heterocycles. The minimum atomic E-state index is 0.863. The molecule has 1 N–H and O–H groups in total. The van der Waals surface area contributed by atoms with Crippen molar-refractivity contribution in [2.24, 2.45) is 5.92 Å². The summed E-state index contributed by atoms with van der Waals surface area (Å²) in [6.07, 6.45) is 6.76. The monoisotopic (exact) mass is 201 g/mol. The SMILES string of the molecule is c1ccc2c(c1)CCC(CNC1CC1)C2. The van der Waals surface area contributed by atoms with E-state index in [1.165, 1.54) is 38.6 Å². The maximum atomic E-state index is 3.66. The Morgan fingerprint density at radius 2 is 1.87 bits per heavy atom. The largest absolute Gasteiger partial charge is 0.314 e. The molecule has 0 amide bonds. The zero-order chi connectivity index (χ0) is 10.1. The first-order valence-corrected chi connectivity index (χ1v) is 6.22. The van der Waals surface area contributed by atoms with Gasteiger partial charge in [0.1, 0.15) is 0 Å². The van der Waals surface area contributed by atoms with Crippen LogP contribution in [0.2, 0.25) is 0 Å². The summed E-state index contributed by atoms with van der Waals surface area (Å²) in [7, 11) is 0. The molecule has 2 aliphatic rings. The third-order valence-corrected chi connectivity index (χ3v) is 3.72. The van der Waals surface area contributed by atoms with E-state index in [1.54, 1.807) is 11.1 Å². The van der Waals surface area contributed by atoms with E-state index >= 15 is 0 Å². The Kier molecular flexibility index (Phi) is 2.49. The standard InChI is InChI=1S/C14H19N/c1-2-4-13-9-11(5-6-12(13)3-1)10-15-14-7-8-14/h1-4,11,14-15H,5-10H2. The van der Waals surface area contributed by atoms with Crippen molar-refractivity contribution in [3.8, 4) is 0 Å². The maximum Gasteiger partial charge on any atom is 0.00683 e. The molecule has 1 atom stereocenters. The quantitative estimate of drug-likeness (QED) is 0.792. The third-order valence-electron chi connectivity index (χ3n) is 3.72. The Morgan fingerprint density at radius 3 is 2.67 bits per heavy atom. The van der Waals surface area contributed by atoms with Gasteiger partial charge in [0.25, 0.3) is 0 Å². The van der Waals surface area contributed by atoms with Gasteiger partial charge in [0, 0.05) is 6.04 Å². The van der Waals surface area contributed by atoms with E-state index in [0.717, 1.165) is 12.0 Å². The summed E-state index contributed by atoms with van der Waals surface area (Å²) in [5.41, 5.74) is 3.17. The predicted octanol–water partition coefficient (Wildman–Crippen LogP) is 2.54. The summed E-state index contributed by atoms with van der Waals surface area (Å²) in [6, 6.07) is 9.80. The Bertz CT molecular complexity index is 341. The molecule has 15 heavy (non-hydrogen) atoms. The number of hydrogen-bond acceptors (Lipinski definition) is 1. The van der Waals surface area contributed by atoms with Crippen molar-refractivity contribution in [1.82, 2.24) is 5.32 Å². The Morgan fingerprint density at radius 1 is 1.07 bits per heavy atom. The molecule has 1 fully saturated rings. The fraction of sp³-hybridized carbons (Fsp3) is 0.571. The van der Waals surface area contributed by atoms with Gasteiger partial charge in [0.05, 0.1) is 0 Å². The molecule has 1 nitrogen and oxygen atoms in total. The lowest BCUT2D eigenvalue weighted by atomic mass is 9.84. The van der Waals surface area contributed by atoms with Crippen LogP contribution in [0.25, 0.3) is 0 Å². The number of aryl methyl sites for hydroxylation is 1. The van der Waals surface area contributed by atoms with Gasteiger partial charge in [-0.2, -0.15) is 0 Å². The molecule has 80 valence electrons. The minimum absolute atomic E-state index is 0.863. The number of fused-ring (bicyclic) bond motifs is 1. The van der Waals surface area contributed by atoms with E-state index in [-0.39, 0.29) is 0 Å². The lowest BCUT2D eigenvalue weighted by molar-refractivity contribution is 0.423. The first-order chi connectivity index (χ1) is 7.42. The van der Waals surface area contributed by atoms with Crippen molar-refractivity contribution in [2.75, 3.05) is 6.54 Å². The van der Waals surface area contributed by atoms with Gasteiger partial charge in [-0.05, 0) is 55.7 Å². The predicted molar refractivity (Wildman–Crippen MR) is 63.0 cm³/mol. The van der Waals surface area contributed by atoms with Crippen LogP contribution in [0.1, 0.15) is 30.4 Å². The van der Waals surface area contributed by atoms with Crippen molar-refractivity contribution >= 4 is 0 Å². The first-order valence-electron chi connectivity index (χ1n) is 6.22. The van der Waals surface area contributed by atoms with Gasteiger partial charge in [0.15, 0.2) is 0 Å². The van der Waals surface area contributed by atoms with Gasteiger partial charge in [0.2, 0.25) is 0 Å². The summed E-state index contributed by atoms with van der Waals surface area (Å²) in [4.78, 5) is 0. The molecule has 0 heterocycles. The highest BCUT2D eigenvalue weighted by Gasteiger charge is 2.23. The molecule has 1 aromatic carbocycles. The molecular formula is C14H19N. The van der Waals surface area contributed by atoms with Gasteiger partial charge in [-0.15, -0.1) is 0 Å². The Balaban J connectivity index is 1.61. The Labute approximate surface area is 91.9 Å². The van der Waals surface area contributed by atoms with Gasteiger partial charge in [-0.3, -0.25) is 0 Å². The number of nitrogens with one attached hydrogen (secondary N) is 1. The smallest absolute Gasteiger partial charge is 0.00683 e. The highest BCUT2D eigenvalue weighted by Crippen LogP contribution is 2.26. The zero-order valence-electron chi connectivity index (χ0n) is 9.21. The van der Waals surface area contributed by atoms with Crippen LogP contribution in [0.15, 0.2) is 24.3 Å². The lowest BCUT2D eigenvalue weighted by Crippen LogP contribution is -2.28. The van der Waals surface area contributed by atoms with E-state index in [1.807, 2.05) is 0 Å². The Hall–Kier alpha value is -0.820. The average molecular weight is 201 g/mol. The summed E-state index contributed by atoms with van der Waals surface area (Å²) < 4.78 is 0. The summed E-state index contributed by atoms with van der Waals surface area (Å²) in [5, 5.41) is 3.66. The van der Waals surface area contributed by atoms with Crippen LogP contribution in [0.5, 0.6) is 0 Å². The van der Waals surface area contributed by atoms with E-state index < -0.39 is 0 Å². The molecule has 0 bridgehead atoms. The van der Waals surface area contributed by atoms with Gasteiger partial charge >= 0.3 is 0 Å². The fourth-order valence-corrected chi connectivity index (χ4v) is 2.57. The highest BCUT2D eigenvalue weighted by atomic mass is 14.9. The summed E-state index contributed by atoms with van der Waals surface area (Å²) in [6.45, 7) is 1.24. The van der Waals surface area contributed by atoms with Gasteiger partial charge in [-0.1, -0.05) is 24.3 Å². The fourth-order valence-electron chi connectivity index (χ4n) is 2.57. The van der Waals surface area contributed by atoms with E-state index in [9.17, 15) is 0 Å². The van der Waals surface area contributed by atoms with Crippen LogP contribution in [-0.2, 0) is 12.8 Å². The second-order valence-electron chi connectivity index (χ2n) is 5.06. The molecule has 0 saturated heterocycles. The normalized spacial score (nSPS) is 24.9. The molecular weight excluding hydrogens is 182 g/mol. The average Bonchev–Trinajstić information content (AvgIpc) is 3.10. The van der Waals surface area contributed by atoms with E-state index in [0.29, 0.717) is 0 Å². The molecule has 0 aliphatic heterocycles. The molecule has 1 aromatic rings. The number of benzene rings is 1. The molecule has 1 heteroatoms. The molecule has 0 radical (unpaired) electrons. The van der Waals surface area contributed by atoms with Crippen LogP contribution in [0.4, 0.5) is 0 Å². The second kappa shape index (κ2) is 3.97. The van der Waals surface area contributed by atoms with Crippen molar-refractivity contribution in [3.63, 3.8) is 0 Å². The molecule has 1 unspecified atom stereocenters. The minimum Gasteiger partial charge on any atom is -0.314 e. The van der Waals surface area contributed by atoms with Crippen LogP contribution in [0, 0.1) is 5.92 Å². The van der Waals surface area contributed by atoms with Crippen LogP contribution in [-0.4, -0.2) is 12.6 Å². The van der Waals surface area contributed by atoms with Crippen LogP contribution in [0.3, 0.4) is 0 Å². The maximum absolute atomic E-state index is 3.66. The molecule has 3 rings (SSSR count). The van der Waals surface area contributed by atoms with Gasteiger partial charge < -0.3 is 5.32 Å². The third kappa shape index (κ3) is 2.23. The molecule has 1 saturated carbocycles. The first kappa shape index (κ1) is 9.41. The lowest BCUT2D eigenvalue weighted by Gasteiger charge is -2.24.